The summed E-state index contributed by atoms with van der Waals surface area (Å²) in [7, 11) is -1.75. The molecular weight excluding hydrogens is 460 g/mol. The maximum absolute atomic E-state index is 13.0. The summed E-state index contributed by atoms with van der Waals surface area (Å²) in [6.07, 6.45) is 6.95. The predicted octanol–water partition coefficient (Wildman–Crippen LogP) is 0.862. The van der Waals surface area contributed by atoms with Crippen LogP contribution < -0.4 is 15.6 Å². The van der Waals surface area contributed by atoms with E-state index in [1.807, 2.05) is 6.07 Å². The van der Waals surface area contributed by atoms with Crippen molar-refractivity contribution in [2.75, 3.05) is 12.9 Å². The normalized spacial score (nSPS) is 14.9. The number of nitrogens with zero attached hydrogens (tertiary/aromatic N) is 5. The second-order valence-electron chi connectivity index (χ2n) is 8.50. The van der Waals surface area contributed by atoms with Crippen LogP contribution in [0.4, 0.5) is 0 Å². The van der Waals surface area contributed by atoms with E-state index < -0.39 is 26.1 Å². The fourth-order valence-corrected chi connectivity index (χ4v) is 4.99. The third-order valence-electron chi connectivity index (χ3n) is 6.19. The Morgan fingerprint density at radius 1 is 1.24 bits per heavy atom. The summed E-state index contributed by atoms with van der Waals surface area (Å²) in [5.74, 6) is -0.366. The number of aryl methyl sites for hydroxylation is 1. The van der Waals surface area contributed by atoms with Crippen LogP contribution in [0.15, 0.2) is 47.8 Å². The van der Waals surface area contributed by atoms with Crippen LogP contribution in [0.3, 0.4) is 0 Å². The molecule has 1 saturated carbocycles. The van der Waals surface area contributed by atoms with Crippen LogP contribution in [0.25, 0.3) is 16.6 Å². The van der Waals surface area contributed by atoms with E-state index in [9.17, 15) is 18.0 Å². The molecule has 11 nitrogen and oxygen atoms in total. The molecule has 1 fully saturated rings. The summed E-state index contributed by atoms with van der Waals surface area (Å²) in [6, 6.07) is 6.76. The van der Waals surface area contributed by atoms with Gasteiger partial charge in [0, 0.05) is 37.6 Å². The summed E-state index contributed by atoms with van der Waals surface area (Å²) in [6.45, 7) is 0.165. The summed E-state index contributed by atoms with van der Waals surface area (Å²) in [5.41, 5.74) is 1.34. The zero-order chi connectivity index (χ0) is 24.1. The van der Waals surface area contributed by atoms with Gasteiger partial charge in [0.05, 0.1) is 0 Å². The van der Waals surface area contributed by atoms with Gasteiger partial charge in [0.15, 0.2) is 15.5 Å². The molecule has 0 aromatic carbocycles. The third-order valence-corrected chi connectivity index (χ3v) is 8.29. The van der Waals surface area contributed by atoms with Crippen molar-refractivity contribution in [1.82, 2.24) is 29.5 Å². The summed E-state index contributed by atoms with van der Waals surface area (Å²) in [4.78, 5) is 34.1. The Kier molecular flexibility index (Phi) is 5.12. The molecule has 0 bridgehead atoms. The molecule has 4 aromatic rings. The molecule has 5 rings (SSSR count). The Hall–Kier alpha value is -3.80. The Morgan fingerprint density at radius 3 is 2.76 bits per heavy atom. The molecule has 1 N–H and O–H groups in total. The molecule has 0 radical (unpaired) electrons. The highest BCUT2D eigenvalue weighted by Gasteiger charge is 2.53. The van der Waals surface area contributed by atoms with Crippen LogP contribution >= 0.6 is 0 Å². The van der Waals surface area contributed by atoms with Crippen LogP contribution in [0.5, 0.6) is 5.88 Å². The van der Waals surface area contributed by atoms with Crippen molar-refractivity contribution in [3.8, 4) is 5.88 Å². The van der Waals surface area contributed by atoms with Gasteiger partial charge in [0.1, 0.15) is 28.8 Å². The van der Waals surface area contributed by atoms with E-state index >= 15 is 0 Å². The summed E-state index contributed by atoms with van der Waals surface area (Å²) in [5, 5.41) is 7.41. The van der Waals surface area contributed by atoms with Gasteiger partial charge < -0.3 is 14.6 Å². The van der Waals surface area contributed by atoms with E-state index in [2.05, 4.69) is 20.4 Å². The molecule has 0 saturated heterocycles. The first-order valence-electron chi connectivity index (χ1n) is 10.6. The van der Waals surface area contributed by atoms with Gasteiger partial charge in [-0.1, -0.05) is 6.07 Å². The number of carbonyl (C=O) groups excluding carboxylic acids is 1. The van der Waals surface area contributed by atoms with Gasteiger partial charge in [-0.05, 0) is 36.6 Å². The van der Waals surface area contributed by atoms with Crippen LogP contribution in [-0.2, 0) is 23.4 Å². The first kappa shape index (κ1) is 22.0. The molecule has 4 heterocycles. The Labute approximate surface area is 194 Å². The van der Waals surface area contributed by atoms with Crippen molar-refractivity contribution in [3.63, 3.8) is 0 Å². The molecule has 1 amide bonds. The van der Waals surface area contributed by atoms with Gasteiger partial charge in [-0.2, -0.15) is 5.10 Å². The first-order valence-corrected chi connectivity index (χ1v) is 12.5. The second kappa shape index (κ2) is 7.90. The number of sulfone groups is 1. The van der Waals surface area contributed by atoms with Crippen LogP contribution in [0.1, 0.15) is 28.8 Å². The van der Waals surface area contributed by atoms with Crippen molar-refractivity contribution >= 4 is 32.3 Å². The minimum Gasteiger partial charge on any atom is -0.474 e. The van der Waals surface area contributed by atoms with Crippen LogP contribution in [0, 0.1) is 0 Å². The smallest absolute Gasteiger partial charge is 0.263 e. The SMILES string of the molecule is Cn1c(=O)c(C(=O)NCc2ccc3ncnn3c2)cc2ccnc(OCC3(S(C)(=O)=O)CC3)c21. The van der Waals surface area contributed by atoms with E-state index in [0.717, 1.165) is 5.56 Å². The van der Waals surface area contributed by atoms with E-state index in [4.69, 9.17) is 4.74 Å². The second-order valence-corrected chi connectivity index (χ2v) is 10.9. The quantitative estimate of drug-likeness (QED) is 0.409. The lowest BCUT2D eigenvalue weighted by Gasteiger charge is -2.16. The maximum Gasteiger partial charge on any atom is 0.263 e. The van der Waals surface area contributed by atoms with Gasteiger partial charge >= 0.3 is 0 Å². The number of hydrogen-bond acceptors (Lipinski definition) is 8. The van der Waals surface area contributed by atoms with E-state index in [0.29, 0.717) is 29.4 Å². The average Bonchev–Trinajstić information content (AvgIpc) is 3.48. The average molecular weight is 483 g/mol. The molecule has 0 atom stereocenters. The molecule has 12 heteroatoms. The lowest BCUT2D eigenvalue weighted by atomic mass is 10.1. The van der Waals surface area contributed by atoms with Crippen molar-refractivity contribution in [3.05, 3.63) is 64.5 Å². The zero-order valence-corrected chi connectivity index (χ0v) is 19.4. The monoisotopic (exact) mass is 482 g/mol. The third kappa shape index (κ3) is 3.79. The molecule has 176 valence electrons. The fraction of sp³-hybridized carbons (Fsp3) is 0.318. The lowest BCUT2D eigenvalue weighted by molar-refractivity contribution is 0.0949. The number of aromatic nitrogens is 5. The molecule has 4 aromatic heterocycles. The molecule has 0 aliphatic heterocycles. The molecular formula is C22H22N6O5S. The summed E-state index contributed by atoms with van der Waals surface area (Å²) >= 11 is 0. The number of fused-ring (bicyclic) bond motifs is 2. The number of amides is 1. The Balaban J connectivity index is 1.40. The standard InChI is InChI=1S/C22H22N6O5S/c1-27-18-15(5-8-23-20(18)33-12-22(6-7-22)34(2,31)32)9-16(21(27)30)19(29)24-10-14-3-4-17-25-13-26-28(17)11-14/h3-5,8-9,11,13H,6-7,10,12H2,1-2H3,(H,24,29). The molecule has 1 aliphatic carbocycles. The highest BCUT2D eigenvalue weighted by Crippen LogP contribution is 2.43. The number of hydrogen-bond donors (Lipinski definition) is 1. The topological polar surface area (TPSA) is 138 Å². The maximum atomic E-state index is 13.0. The molecule has 0 unspecified atom stereocenters. The van der Waals surface area contributed by atoms with Gasteiger partial charge in [-0.25, -0.2) is 22.9 Å². The van der Waals surface area contributed by atoms with Crippen molar-refractivity contribution in [2.45, 2.75) is 24.1 Å². The number of pyridine rings is 3. The highest BCUT2D eigenvalue weighted by molar-refractivity contribution is 7.92. The van der Waals surface area contributed by atoms with Crippen LogP contribution in [-0.4, -0.2) is 56.1 Å². The van der Waals surface area contributed by atoms with E-state index in [1.165, 1.54) is 36.5 Å². The lowest BCUT2D eigenvalue weighted by Crippen LogP contribution is -2.32. The minimum atomic E-state index is -3.27. The van der Waals surface area contributed by atoms with Crippen molar-refractivity contribution < 1.29 is 17.9 Å². The Morgan fingerprint density at radius 2 is 2.03 bits per heavy atom. The first-order chi connectivity index (χ1) is 16.2. The number of carbonyl (C=O) groups is 1. The highest BCUT2D eigenvalue weighted by atomic mass is 32.2. The molecule has 0 spiro atoms. The molecule has 34 heavy (non-hydrogen) atoms. The van der Waals surface area contributed by atoms with Crippen molar-refractivity contribution in [2.24, 2.45) is 7.05 Å². The van der Waals surface area contributed by atoms with Gasteiger partial charge in [-0.15, -0.1) is 0 Å². The number of ether oxygens (including phenoxy) is 1. The minimum absolute atomic E-state index is 0.0243. The number of rotatable bonds is 7. The number of nitrogens with one attached hydrogen (secondary N) is 1. The predicted molar refractivity (Wildman–Crippen MR) is 123 cm³/mol. The largest absolute Gasteiger partial charge is 0.474 e. The van der Waals surface area contributed by atoms with Crippen molar-refractivity contribution in [1.29, 1.82) is 0 Å². The van der Waals surface area contributed by atoms with E-state index in [-0.39, 0.29) is 24.6 Å². The van der Waals surface area contributed by atoms with Gasteiger partial charge in [0.2, 0.25) is 5.88 Å². The molecule has 1 aliphatic rings. The Bertz CT molecular complexity index is 1600. The van der Waals surface area contributed by atoms with E-state index in [1.54, 1.807) is 22.8 Å². The van der Waals surface area contributed by atoms with Crippen LogP contribution in [0.2, 0.25) is 0 Å². The van der Waals surface area contributed by atoms with Gasteiger partial charge in [0.25, 0.3) is 11.5 Å². The fourth-order valence-electron chi connectivity index (χ4n) is 3.87. The zero-order valence-electron chi connectivity index (χ0n) is 18.6. The summed E-state index contributed by atoms with van der Waals surface area (Å²) < 4.78 is 31.9. The van der Waals surface area contributed by atoms with Gasteiger partial charge in [-0.3, -0.25) is 9.59 Å².